The van der Waals surface area contributed by atoms with Crippen molar-refractivity contribution >= 4 is 22.7 Å². The Morgan fingerprint density at radius 3 is 2.67 bits per heavy atom. The zero-order valence-corrected chi connectivity index (χ0v) is 15.5. The average molecular weight is 404 g/mol. The SMILES string of the molecule is Fc1ccc(F)c(Cn2ccc3cnc(Nc4ccc(-c5ncon5)cc4)nc32)c1. The molecule has 0 amide bonds. The van der Waals surface area contributed by atoms with Gasteiger partial charge in [-0.2, -0.15) is 9.97 Å². The minimum atomic E-state index is -0.482. The monoisotopic (exact) mass is 404 g/mol. The molecule has 0 fully saturated rings. The number of rotatable bonds is 5. The van der Waals surface area contributed by atoms with E-state index in [1.807, 2.05) is 30.3 Å². The van der Waals surface area contributed by atoms with E-state index in [4.69, 9.17) is 4.52 Å². The first-order valence-corrected chi connectivity index (χ1v) is 9.05. The average Bonchev–Trinajstić information content (AvgIpc) is 3.42. The maximum atomic E-state index is 14.0. The van der Waals surface area contributed by atoms with Crippen LogP contribution >= 0.6 is 0 Å². The number of nitrogens with zero attached hydrogens (tertiary/aromatic N) is 5. The topological polar surface area (TPSA) is 81.7 Å². The standard InChI is InChI=1S/C21H14F2N6O/c22-16-3-6-18(23)15(9-16)11-29-8-7-14-10-24-21(27-20(14)29)26-17-4-1-13(2-5-17)19-25-12-30-28-19/h1-10,12H,11H2,(H,24,26,27). The van der Waals surface area contributed by atoms with Crippen molar-refractivity contribution in [1.29, 1.82) is 0 Å². The molecular weight excluding hydrogens is 390 g/mol. The van der Waals surface area contributed by atoms with Crippen LogP contribution in [0.5, 0.6) is 0 Å². The maximum absolute atomic E-state index is 14.0. The van der Waals surface area contributed by atoms with Crippen LogP contribution in [0.1, 0.15) is 5.56 Å². The van der Waals surface area contributed by atoms with Crippen molar-refractivity contribution in [3.63, 3.8) is 0 Å². The molecule has 3 aromatic heterocycles. The summed E-state index contributed by atoms with van der Waals surface area (Å²) in [6, 6.07) is 12.6. The molecule has 0 unspecified atom stereocenters. The Bertz CT molecular complexity index is 1320. The summed E-state index contributed by atoms with van der Waals surface area (Å²) in [6.45, 7) is 0.156. The van der Waals surface area contributed by atoms with Gasteiger partial charge in [0.05, 0.1) is 6.54 Å². The summed E-state index contributed by atoms with van der Waals surface area (Å²) in [5, 5.41) is 7.73. The summed E-state index contributed by atoms with van der Waals surface area (Å²) in [7, 11) is 0. The van der Waals surface area contributed by atoms with Gasteiger partial charge in [-0.1, -0.05) is 5.16 Å². The molecule has 0 atom stereocenters. The Hall–Kier alpha value is -4.14. The van der Waals surface area contributed by atoms with E-state index in [0.717, 1.165) is 28.8 Å². The zero-order valence-electron chi connectivity index (χ0n) is 15.5. The van der Waals surface area contributed by atoms with Crippen molar-refractivity contribution in [2.24, 2.45) is 0 Å². The molecule has 7 nitrogen and oxygen atoms in total. The van der Waals surface area contributed by atoms with Crippen LogP contribution in [0.3, 0.4) is 0 Å². The third-order valence-electron chi connectivity index (χ3n) is 4.61. The van der Waals surface area contributed by atoms with Crippen molar-refractivity contribution < 1.29 is 13.3 Å². The van der Waals surface area contributed by atoms with Gasteiger partial charge in [-0.15, -0.1) is 0 Å². The van der Waals surface area contributed by atoms with Crippen molar-refractivity contribution in [2.75, 3.05) is 5.32 Å². The lowest BCUT2D eigenvalue weighted by Crippen LogP contribution is -2.04. The number of aromatic nitrogens is 5. The molecule has 3 heterocycles. The van der Waals surface area contributed by atoms with Gasteiger partial charge >= 0.3 is 0 Å². The van der Waals surface area contributed by atoms with E-state index in [9.17, 15) is 8.78 Å². The third kappa shape index (κ3) is 3.48. The van der Waals surface area contributed by atoms with E-state index in [1.54, 1.807) is 17.0 Å². The van der Waals surface area contributed by atoms with Gasteiger partial charge in [0.25, 0.3) is 0 Å². The fraction of sp³-hybridized carbons (Fsp3) is 0.0476. The highest BCUT2D eigenvalue weighted by Gasteiger charge is 2.10. The van der Waals surface area contributed by atoms with Gasteiger partial charge in [0.2, 0.25) is 18.2 Å². The number of benzene rings is 2. The summed E-state index contributed by atoms with van der Waals surface area (Å²) >= 11 is 0. The molecule has 30 heavy (non-hydrogen) atoms. The van der Waals surface area contributed by atoms with Gasteiger partial charge in [-0.05, 0) is 48.5 Å². The summed E-state index contributed by atoms with van der Waals surface area (Å²) in [5.74, 6) is -0.0624. The zero-order chi connectivity index (χ0) is 20.5. The van der Waals surface area contributed by atoms with Crippen molar-refractivity contribution in [2.45, 2.75) is 6.54 Å². The molecule has 0 bridgehead atoms. The molecular formula is C21H14F2N6O. The number of hydrogen-bond acceptors (Lipinski definition) is 6. The molecule has 2 aromatic carbocycles. The molecule has 148 valence electrons. The highest BCUT2D eigenvalue weighted by molar-refractivity contribution is 5.77. The molecule has 9 heteroatoms. The maximum Gasteiger partial charge on any atom is 0.229 e. The first-order chi connectivity index (χ1) is 14.7. The Balaban J connectivity index is 1.40. The summed E-state index contributed by atoms with van der Waals surface area (Å²) < 4.78 is 34.0. The lowest BCUT2D eigenvalue weighted by molar-refractivity contribution is 0.419. The highest BCUT2D eigenvalue weighted by Crippen LogP contribution is 2.22. The molecule has 1 N–H and O–H groups in total. The molecule has 0 saturated carbocycles. The molecule has 0 aliphatic carbocycles. The Morgan fingerprint density at radius 1 is 1.00 bits per heavy atom. The van der Waals surface area contributed by atoms with Gasteiger partial charge < -0.3 is 14.4 Å². The quantitative estimate of drug-likeness (QED) is 0.463. The van der Waals surface area contributed by atoms with Gasteiger partial charge in [0.1, 0.15) is 17.3 Å². The number of anilines is 2. The summed E-state index contributed by atoms with van der Waals surface area (Å²) in [5.41, 5.74) is 2.45. The molecule has 0 saturated heterocycles. The van der Waals surface area contributed by atoms with E-state index in [1.165, 1.54) is 12.5 Å². The van der Waals surface area contributed by atoms with Crippen LogP contribution in [0, 0.1) is 11.6 Å². The van der Waals surface area contributed by atoms with Crippen LogP contribution in [0.4, 0.5) is 20.4 Å². The van der Waals surface area contributed by atoms with Crippen LogP contribution in [0.25, 0.3) is 22.4 Å². The minimum Gasteiger partial charge on any atom is -0.342 e. The predicted molar refractivity (Wildman–Crippen MR) is 106 cm³/mol. The molecule has 0 aliphatic rings. The number of fused-ring (bicyclic) bond motifs is 1. The van der Waals surface area contributed by atoms with Crippen molar-refractivity contribution in [1.82, 2.24) is 24.7 Å². The largest absolute Gasteiger partial charge is 0.342 e. The second-order valence-corrected chi connectivity index (χ2v) is 6.61. The van der Waals surface area contributed by atoms with Gasteiger partial charge in [0.15, 0.2) is 0 Å². The van der Waals surface area contributed by atoms with E-state index < -0.39 is 11.6 Å². The molecule has 0 aliphatic heterocycles. The summed E-state index contributed by atoms with van der Waals surface area (Å²) in [6.07, 6.45) is 4.72. The van der Waals surface area contributed by atoms with Crippen LogP contribution in [-0.2, 0) is 6.54 Å². The minimum absolute atomic E-state index is 0.156. The fourth-order valence-electron chi connectivity index (χ4n) is 3.14. The van der Waals surface area contributed by atoms with E-state index >= 15 is 0 Å². The number of halogens is 2. The van der Waals surface area contributed by atoms with E-state index in [2.05, 4.69) is 25.4 Å². The molecule has 0 spiro atoms. The molecule has 0 radical (unpaired) electrons. The second kappa shape index (κ2) is 7.36. The third-order valence-corrected chi connectivity index (χ3v) is 4.61. The van der Waals surface area contributed by atoms with Gasteiger partial charge in [-0.3, -0.25) is 0 Å². The Morgan fingerprint density at radius 2 is 1.87 bits per heavy atom. The first kappa shape index (κ1) is 17.9. The van der Waals surface area contributed by atoms with Gasteiger partial charge in [-0.25, -0.2) is 13.8 Å². The van der Waals surface area contributed by atoms with Crippen LogP contribution in [0.2, 0.25) is 0 Å². The first-order valence-electron chi connectivity index (χ1n) is 9.05. The van der Waals surface area contributed by atoms with Gasteiger partial charge in [0, 0.05) is 34.6 Å². The van der Waals surface area contributed by atoms with Crippen LogP contribution in [0.15, 0.2) is 71.8 Å². The molecule has 5 rings (SSSR count). The highest BCUT2D eigenvalue weighted by atomic mass is 19.1. The normalized spacial score (nSPS) is 11.1. The summed E-state index contributed by atoms with van der Waals surface area (Å²) in [4.78, 5) is 12.9. The second-order valence-electron chi connectivity index (χ2n) is 6.61. The van der Waals surface area contributed by atoms with E-state index in [-0.39, 0.29) is 12.1 Å². The smallest absolute Gasteiger partial charge is 0.229 e. The number of hydrogen-bond donors (Lipinski definition) is 1. The van der Waals surface area contributed by atoms with E-state index in [0.29, 0.717) is 17.4 Å². The Kier molecular flexibility index (Phi) is 4.40. The van der Waals surface area contributed by atoms with Crippen molar-refractivity contribution in [3.05, 3.63) is 84.5 Å². The molecule has 5 aromatic rings. The van der Waals surface area contributed by atoms with Crippen LogP contribution in [-0.4, -0.2) is 24.7 Å². The number of nitrogens with one attached hydrogen (secondary N) is 1. The fourth-order valence-corrected chi connectivity index (χ4v) is 3.14. The predicted octanol–water partition coefficient (Wildman–Crippen LogP) is 4.55. The lowest BCUT2D eigenvalue weighted by Gasteiger charge is -2.09. The van der Waals surface area contributed by atoms with Crippen LogP contribution < -0.4 is 5.32 Å². The lowest BCUT2D eigenvalue weighted by atomic mass is 10.2. The Labute approximate surface area is 169 Å². The van der Waals surface area contributed by atoms with Crippen molar-refractivity contribution in [3.8, 4) is 11.4 Å².